The number of halogens is 4. The molecule has 4 N–H and O–H groups in total. The van der Waals surface area contributed by atoms with Crippen molar-refractivity contribution in [3.05, 3.63) is 52.8 Å². The maximum absolute atomic E-state index is 14.1. The molecule has 2 aromatic rings. The van der Waals surface area contributed by atoms with E-state index in [0.29, 0.717) is 29.9 Å². The number of carbonyl (C=O) groups excluding carboxylic acids is 1. The van der Waals surface area contributed by atoms with Crippen molar-refractivity contribution in [1.29, 1.82) is 0 Å². The van der Waals surface area contributed by atoms with Crippen LogP contribution in [-0.4, -0.2) is 48.7 Å². The Morgan fingerprint density at radius 1 is 1.24 bits per heavy atom. The fourth-order valence-corrected chi connectivity index (χ4v) is 4.57. The molecule has 3 atom stereocenters. The fourth-order valence-electron chi connectivity index (χ4n) is 4.57. The minimum absolute atomic E-state index is 0.0551. The number of nitrogens with one attached hydrogen (secondary N) is 2. The number of amides is 2. The fraction of sp³-hybridized carbons (Fsp3) is 0.435. The maximum Gasteiger partial charge on any atom is 0.418 e. The van der Waals surface area contributed by atoms with Crippen LogP contribution >= 0.6 is 0 Å². The summed E-state index contributed by atoms with van der Waals surface area (Å²) in [5.41, 5.74) is 0.477. The number of alkyl halides is 3. The van der Waals surface area contributed by atoms with Crippen molar-refractivity contribution in [2.75, 3.05) is 30.4 Å². The van der Waals surface area contributed by atoms with Gasteiger partial charge in [0.15, 0.2) is 6.10 Å². The Kier molecular flexibility index (Phi) is 6.59. The van der Waals surface area contributed by atoms with E-state index in [4.69, 9.17) is 4.74 Å². The van der Waals surface area contributed by atoms with Crippen LogP contribution < -0.4 is 20.3 Å². The van der Waals surface area contributed by atoms with E-state index in [1.54, 1.807) is 6.07 Å². The summed E-state index contributed by atoms with van der Waals surface area (Å²) < 4.78 is 59.3. The summed E-state index contributed by atoms with van der Waals surface area (Å²) in [6.07, 6.45) is -7.12. The van der Waals surface area contributed by atoms with Gasteiger partial charge in [-0.1, -0.05) is 12.1 Å². The number of fused-ring (bicyclic) bond motifs is 1. The molecular formula is C23H25F4N3O4. The number of nitrogens with zero attached hydrogens (tertiary/aromatic N) is 1. The molecule has 1 fully saturated rings. The Labute approximate surface area is 193 Å². The smallest absolute Gasteiger partial charge is 0.418 e. The number of benzene rings is 2. The molecule has 2 aromatic carbocycles. The van der Waals surface area contributed by atoms with Crippen LogP contribution in [0.15, 0.2) is 30.3 Å². The van der Waals surface area contributed by atoms with Gasteiger partial charge in [0.1, 0.15) is 11.6 Å². The third-order valence-corrected chi connectivity index (χ3v) is 6.23. The van der Waals surface area contributed by atoms with Gasteiger partial charge in [-0.2, -0.15) is 13.2 Å². The minimum atomic E-state index is -4.94. The predicted octanol–water partition coefficient (Wildman–Crippen LogP) is 3.81. The Morgan fingerprint density at radius 3 is 2.56 bits per heavy atom. The molecule has 4 rings (SSSR count). The highest BCUT2D eigenvalue weighted by Gasteiger charge is 2.42. The van der Waals surface area contributed by atoms with Gasteiger partial charge >= 0.3 is 12.2 Å². The molecule has 34 heavy (non-hydrogen) atoms. The minimum Gasteiger partial charge on any atom is -0.494 e. The second-order valence-electron chi connectivity index (χ2n) is 8.42. The van der Waals surface area contributed by atoms with Crippen LogP contribution in [0.2, 0.25) is 0 Å². The quantitative estimate of drug-likeness (QED) is 0.486. The summed E-state index contributed by atoms with van der Waals surface area (Å²) in [7, 11) is 1.14. The average Bonchev–Trinajstić information content (AvgIpc) is 3.42. The summed E-state index contributed by atoms with van der Waals surface area (Å²) >= 11 is 0. The van der Waals surface area contributed by atoms with Gasteiger partial charge in [0.25, 0.3) is 0 Å². The lowest BCUT2D eigenvalue weighted by Gasteiger charge is -2.25. The van der Waals surface area contributed by atoms with Crippen LogP contribution in [0.25, 0.3) is 0 Å². The zero-order valence-corrected chi connectivity index (χ0v) is 18.3. The van der Waals surface area contributed by atoms with Crippen molar-refractivity contribution in [1.82, 2.24) is 5.32 Å². The number of ether oxygens (including phenoxy) is 1. The highest BCUT2D eigenvalue weighted by molar-refractivity contribution is 5.92. The molecule has 2 aliphatic rings. The van der Waals surface area contributed by atoms with Gasteiger partial charge in [0, 0.05) is 24.3 Å². The van der Waals surface area contributed by atoms with Crippen LogP contribution in [0.4, 0.5) is 33.7 Å². The van der Waals surface area contributed by atoms with E-state index in [1.165, 1.54) is 24.3 Å². The van der Waals surface area contributed by atoms with Crippen molar-refractivity contribution in [3.63, 3.8) is 0 Å². The van der Waals surface area contributed by atoms with Crippen molar-refractivity contribution < 1.29 is 37.3 Å². The molecule has 3 unspecified atom stereocenters. The van der Waals surface area contributed by atoms with Gasteiger partial charge < -0.3 is 30.5 Å². The molecule has 0 spiro atoms. The van der Waals surface area contributed by atoms with Gasteiger partial charge in [-0.25, -0.2) is 9.18 Å². The van der Waals surface area contributed by atoms with Crippen molar-refractivity contribution in [2.45, 2.75) is 43.7 Å². The number of hydrogen-bond acceptors (Lipinski definition) is 5. The number of rotatable bonds is 5. The standard InChI is InChI=1S/C23H25F4N3O4/c1-34-20-15(21(32)23(25,26)27)9-12(30-7-2-3-8-30)10-18(20)29-22(33)28-17-11-14-13(19(17)31)5-4-6-16(14)24/h4-6,9-10,17,19,21,31-32H,2-3,7-8,11H2,1H3,(H2,28,29,33). The highest BCUT2D eigenvalue weighted by atomic mass is 19.4. The number of carbonyl (C=O) groups is 1. The Balaban J connectivity index is 1.61. The van der Waals surface area contributed by atoms with Crippen LogP contribution in [0, 0.1) is 5.82 Å². The van der Waals surface area contributed by atoms with Crippen molar-refractivity contribution in [2.24, 2.45) is 0 Å². The third kappa shape index (κ3) is 4.62. The predicted molar refractivity (Wildman–Crippen MR) is 116 cm³/mol. The third-order valence-electron chi connectivity index (χ3n) is 6.23. The Morgan fingerprint density at radius 2 is 1.94 bits per heavy atom. The SMILES string of the molecule is COc1c(NC(=O)NC2Cc3c(F)cccc3C2O)cc(N2CCCC2)cc1C(O)C(F)(F)F. The molecule has 0 bridgehead atoms. The van der Waals surface area contributed by atoms with Crippen LogP contribution in [0.3, 0.4) is 0 Å². The molecule has 1 aliphatic carbocycles. The van der Waals surface area contributed by atoms with E-state index in [0.717, 1.165) is 20.0 Å². The molecule has 1 heterocycles. The topological polar surface area (TPSA) is 94.1 Å². The van der Waals surface area contributed by atoms with Gasteiger partial charge in [0.05, 0.1) is 24.9 Å². The molecule has 7 nitrogen and oxygen atoms in total. The number of aliphatic hydroxyl groups is 2. The lowest BCUT2D eigenvalue weighted by atomic mass is 10.0. The van der Waals surface area contributed by atoms with E-state index in [1.807, 2.05) is 4.90 Å². The molecular weight excluding hydrogens is 458 g/mol. The van der Waals surface area contributed by atoms with Gasteiger partial charge in [0.2, 0.25) is 0 Å². The molecule has 1 aliphatic heterocycles. The van der Waals surface area contributed by atoms with Crippen LogP contribution in [-0.2, 0) is 6.42 Å². The maximum atomic E-state index is 14.1. The summed E-state index contributed by atoms with van der Waals surface area (Å²) in [4.78, 5) is 14.6. The molecule has 0 saturated carbocycles. The molecule has 0 aromatic heterocycles. The van der Waals surface area contributed by atoms with Gasteiger partial charge in [-0.15, -0.1) is 0 Å². The molecule has 0 radical (unpaired) electrons. The monoisotopic (exact) mass is 483 g/mol. The number of anilines is 2. The van der Waals surface area contributed by atoms with E-state index in [2.05, 4.69) is 10.6 Å². The number of urea groups is 1. The Bertz CT molecular complexity index is 1070. The molecule has 2 amide bonds. The first-order valence-corrected chi connectivity index (χ1v) is 10.8. The second-order valence-corrected chi connectivity index (χ2v) is 8.42. The summed E-state index contributed by atoms with van der Waals surface area (Å²) in [5, 5.41) is 25.5. The number of methoxy groups -OCH3 is 1. The highest BCUT2D eigenvalue weighted by Crippen LogP contribution is 2.43. The van der Waals surface area contributed by atoms with E-state index >= 15 is 0 Å². The summed E-state index contributed by atoms with van der Waals surface area (Å²) in [6.45, 7) is 1.25. The van der Waals surface area contributed by atoms with Gasteiger partial charge in [-0.05, 0) is 48.6 Å². The average molecular weight is 483 g/mol. The normalized spacial score (nSPS) is 20.7. The Hall–Kier alpha value is -3.05. The summed E-state index contributed by atoms with van der Waals surface area (Å²) in [5.74, 6) is -0.823. The molecule has 11 heteroatoms. The first kappa shape index (κ1) is 24.1. The number of hydrogen-bond donors (Lipinski definition) is 4. The van der Waals surface area contributed by atoms with E-state index in [9.17, 15) is 32.6 Å². The van der Waals surface area contributed by atoms with Gasteiger partial charge in [-0.3, -0.25) is 0 Å². The first-order valence-electron chi connectivity index (χ1n) is 10.8. The van der Waals surface area contributed by atoms with E-state index < -0.39 is 41.8 Å². The lowest BCUT2D eigenvalue weighted by Crippen LogP contribution is -2.40. The van der Waals surface area contributed by atoms with Crippen molar-refractivity contribution >= 4 is 17.4 Å². The zero-order valence-electron chi connectivity index (χ0n) is 18.3. The van der Waals surface area contributed by atoms with Crippen LogP contribution in [0.1, 0.15) is 41.7 Å². The summed E-state index contributed by atoms with van der Waals surface area (Å²) in [6, 6.07) is 5.33. The molecule has 1 saturated heterocycles. The lowest BCUT2D eigenvalue weighted by molar-refractivity contribution is -0.207. The molecule has 184 valence electrons. The first-order chi connectivity index (χ1) is 16.1. The van der Waals surface area contributed by atoms with Crippen LogP contribution in [0.5, 0.6) is 5.75 Å². The largest absolute Gasteiger partial charge is 0.494 e. The number of aliphatic hydroxyl groups excluding tert-OH is 2. The van der Waals surface area contributed by atoms with Crippen molar-refractivity contribution in [3.8, 4) is 5.75 Å². The second kappa shape index (κ2) is 9.30. The zero-order chi connectivity index (χ0) is 24.6. The van der Waals surface area contributed by atoms with E-state index in [-0.39, 0.29) is 17.9 Å².